The summed E-state index contributed by atoms with van der Waals surface area (Å²) in [6, 6.07) is 1.28. The Morgan fingerprint density at radius 1 is 1.53 bits per heavy atom. The van der Waals surface area contributed by atoms with E-state index in [4.69, 9.17) is 0 Å². The summed E-state index contributed by atoms with van der Waals surface area (Å²) in [4.78, 5) is 2.67. The van der Waals surface area contributed by atoms with Crippen molar-refractivity contribution in [2.45, 2.75) is 45.7 Å². The molecule has 1 fully saturated rings. The van der Waals surface area contributed by atoms with Crippen LogP contribution in [0.5, 0.6) is 0 Å². The number of nitrogens with one attached hydrogen (secondary N) is 1. The number of aromatic nitrogens is 2. The molecule has 4 nitrogen and oxygen atoms in total. The molecule has 19 heavy (non-hydrogen) atoms. The Morgan fingerprint density at radius 2 is 2.32 bits per heavy atom. The van der Waals surface area contributed by atoms with Gasteiger partial charge in [0, 0.05) is 45.0 Å². The molecule has 0 radical (unpaired) electrons. The number of hydrogen-bond donors (Lipinski definition) is 1. The topological polar surface area (TPSA) is 33.1 Å². The van der Waals surface area contributed by atoms with Gasteiger partial charge in [-0.05, 0) is 24.8 Å². The summed E-state index contributed by atoms with van der Waals surface area (Å²) in [7, 11) is 1.98. The summed E-state index contributed by atoms with van der Waals surface area (Å²) in [6.45, 7) is 10.4. The molecule has 0 amide bonds. The molecule has 3 atom stereocenters. The van der Waals surface area contributed by atoms with E-state index in [1.165, 1.54) is 12.0 Å². The Morgan fingerprint density at radius 3 is 2.95 bits per heavy atom. The van der Waals surface area contributed by atoms with Gasteiger partial charge in [0.1, 0.15) is 0 Å². The summed E-state index contributed by atoms with van der Waals surface area (Å²) < 4.78 is 1.89. The SMILES string of the molecule is CCC(C)C1CNC(C)CN1CCc1cnn(C)c1. The molecule has 108 valence electrons. The second-order valence-electron chi connectivity index (χ2n) is 6.03. The molecule has 2 rings (SSSR count). The zero-order chi connectivity index (χ0) is 13.8. The van der Waals surface area contributed by atoms with Gasteiger partial charge >= 0.3 is 0 Å². The van der Waals surface area contributed by atoms with Gasteiger partial charge in [0.15, 0.2) is 0 Å². The minimum Gasteiger partial charge on any atom is -0.311 e. The van der Waals surface area contributed by atoms with Gasteiger partial charge in [-0.1, -0.05) is 20.3 Å². The van der Waals surface area contributed by atoms with E-state index in [1.807, 2.05) is 17.9 Å². The molecule has 1 saturated heterocycles. The fourth-order valence-electron chi connectivity index (χ4n) is 2.97. The highest BCUT2D eigenvalue weighted by Crippen LogP contribution is 2.18. The number of hydrogen-bond acceptors (Lipinski definition) is 3. The van der Waals surface area contributed by atoms with Crippen molar-refractivity contribution < 1.29 is 0 Å². The van der Waals surface area contributed by atoms with Crippen LogP contribution < -0.4 is 5.32 Å². The lowest BCUT2D eigenvalue weighted by molar-refractivity contribution is 0.0969. The first-order valence-electron chi connectivity index (χ1n) is 7.55. The van der Waals surface area contributed by atoms with Gasteiger partial charge < -0.3 is 5.32 Å². The predicted molar refractivity (Wildman–Crippen MR) is 79.2 cm³/mol. The van der Waals surface area contributed by atoms with Gasteiger partial charge in [0.05, 0.1) is 6.20 Å². The van der Waals surface area contributed by atoms with Crippen molar-refractivity contribution in [1.82, 2.24) is 20.0 Å². The van der Waals surface area contributed by atoms with Crippen LogP contribution in [0, 0.1) is 5.92 Å². The molecule has 1 aromatic heterocycles. The summed E-state index contributed by atoms with van der Waals surface area (Å²) in [6.07, 6.45) is 6.48. The van der Waals surface area contributed by atoms with Crippen molar-refractivity contribution in [1.29, 1.82) is 0 Å². The van der Waals surface area contributed by atoms with Crippen molar-refractivity contribution in [3.05, 3.63) is 18.0 Å². The Kier molecular flexibility index (Phi) is 4.99. The van der Waals surface area contributed by atoms with Crippen molar-refractivity contribution in [3.8, 4) is 0 Å². The molecule has 1 aromatic rings. The van der Waals surface area contributed by atoms with Gasteiger partial charge in [-0.25, -0.2) is 0 Å². The van der Waals surface area contributed by atoms with Crippen LogP contribution in [0.1, 0.15) is 32.8 Å². The van der Waals surface area contributed by atoms with Gasteiger partial charge in [0.25, 0.3) is 0 Å². The third-order valence-corrected chi connectivity index (χ3v) is 4.40. The average Bonchev–Trinajstić information content (AvgIpc) is 2.81. The summed E-state index contributed by atoms with van der Waals surface area (Å²) in [5.41, 5.74) is 1.34. The zero-order valence-corrected chi connectivity index (χ0v) is 12.8. The standard InChI is InChI=1S/C15H28N4/c1-5-12(2)15-9-16-13(3)10-19(15)7-6-14-8-17-18(4)11-14/h8,11-13,15-16H,5-7,9-10H2,1-4H3. The van der Waals surface area contributed by atoms with Crippen LogP contribution in [-0.4, -0.2) is 46.4 Å². The van der Waals surface area contributed by atoms with Crippen LogP contribution in [-0.2, 0) is 13.5 Å². The highest BCUT2D eigenvalue weighted by atomic mass is 15.2. The molecule has 0 spiro atoms. The second kappa shape index (κ2) is 6.53. The fraction of sp³-hybridized carbons (Fsp3) is 0.800. The third-order valence-electron chi connectivity index (χ3n) is 4.40. The van der Waals surface area contributed by atoms with Crippen LogP contribution in [0.4, 0.5) is 0 Å². The molecule has 3 unspecified atom stereocenters. The first-order chi connectivity index (χ1) is 9.10. The van der Waals surface area contributed by atoms with Crippen molar-refractivity contribution in [2.75, 3.05) is 19.6 Å². The zero-order valence-electron chi connectivity index (χ0n) is 12.8. The van der Waals surface area contributed by atoms with Crippen LogP contribution in [0.25, 0.3) is 0 Å². The van der Waals surface area contributed by atoms with Crippen molar-refractivity contribution >= 4 is 0 Å². The van der Waals surface area contributed by atoms with E-state index in [0.29, 0.717) is 12.1 Å². The Bertz CT molecular complexity index is 387. The Labute approximate surface area is 117 Å². The Hall–Kier alpha value is -0.870. The van der Waals surface area contributed by atoms with E-state index in [-0.39, 0.29) is 0 Å². The number of nitrogens with zero attached hydrogens (tertiary/aromatic N) is 3. The smallest absolute Gasteiger partial charge is 0.0522 e. The van der Waals surface area contributed by atoms with E-state index < -0.39 is 0 Å². The van der Waals surface area contributed by atoms with Gasteiger partial charge in [-0.2, -0.15) is 5.10 Å². The van der Waals surface area contributed by atoms with Crippen molar-refractivity contribution in [3.63, 3.8) is 0 Å². The number of piperazine rings is 1. The summed E-state index contributed by atoms with van der Waals surface area (Å²) in [5, 5.41) is 7.87. The van der Waals surface area contributed by atoms with Crippen LogP contribution in [0.3, 0.4) is 0 Å². The second-order valence-corrected chi connectivity index (χ2v) is 6.03. The fourth-order valence-corrected chi connectivity index (χ4v) is 2.97. The van der Waals surface area contributed by atoms with E-state index in [2.05, 4.69) is 42.3 Å². The molecule has 0 aromatic carbocycles. The minimum atomic E-state index is 0.606. The lowest BCUT2D eigenvalue weighted by Crippen LogP contribution is -2.57. The molecule has 0 saturated carbocycles. The molecular weight excluding hydrogens is 236 g/mol. The van der Waals surface area contributed by atoms with Crippen molar-refractivity contribution in [2.24, 2.45) is 13.0 Å². The van der Waals surface area contributed by atoms with Gasteiger partial charge in [-0.3, -0.25) is 9.58 Å². The molecule has 1 aliphatic rings. The summed E-state index contributed by atoms with van der Waals surface area (Å²) >= 11 is 0. The van der Waals surface area contributed by atoms with Crippen LogP contribution in [0.15, 0.2) is 12.4 Å². The lowest BCUT2D eigenvalue weighted by atomic mass is 9.94. The first-order valence-corrected chi connectivity index (χ1v) is 7.55. The summed E-state index contributed by atoms with van der Waals surface area (Å²) in [5.74, 6) is 0.758. The molecule has 4 heteroatoms. The quantitative estimate of drug-likeness (QED) is 0.878. The normalized spacial score (nSPS) is 26.5. The minimum absolute atomic E-state index is 0.606. The average molecular weight is 264 g/mol. The van der Waals surface area contributed by atoms with E-state index >= 15 is 0 Å². The molecule has 2 heterocycles. The number of aryl methyl sites for hydroxylation is 1. The third kappa shape index (κ3) is 3.80. The molecular formula is C15H28N4. The van der Waals surface area contributed by atoms with Gasteiger partial charge in [-0.15, -0.1) is 0 Å². The maximum atomic E-state index is 4.25. The van der Waals surface area contributed by atoms with Gasteiger partial charge in [0.2, 0.25) is 0 Å². The first kappa shape index (κ1) is 14.5. The lowest BCUT2D eigenvalue weighted by Gasteiger charge is -2.42. The highest BCUT2D eigenvalue weighted by Gasteiger charge is 2.28. The van der Waals surface area contributed by atoms with E-state index in [9.17, 15) is 0 Å². The molecule has 1 N–H and O–H groups in total. The maximum absolute atomic E-state index is 4.25. The van der Waals surface area contributed by atoms with E-state index in [0.717, 1.165) is 32.0 Å². The van der Waals surface area contributed by atoms with Crippen LogP contribution >= 0.6 is 0 Å². The molecule has 0 aliphatic carbocycles. The number of rotatable bonds is 5. The predicted octanol–water partition coefficient (Wildman–Crippen LogP) is 1.67. The Balaban J connectivity index is 1.93. The maximum Gasteiger partial charge on any atom is 0.0522 e. The highest BCUT2D eigenvalue weighted by molar-refractivity contribution is 5.04. The molecule has 0 bridgehead atoms. The van der Waals surface area contributed by atoms with Crippen LogP contribution in [0.2, 0.25) is 0 Å². The monoisotopic (exact) mass is 264 g/mol. The van der Waals surface area contributed by atoms with E-state index in [1.54, 1.807) is 0 Å². The molecule has 1 aliphatic heterocycles. The largest absolute Gasteiger partial charge is 0.311 e.